The summed E-state index contributed by atoms with van der Waals surface area (Å²) >= 11 is 1.10. The average Bonchev–Trinajstić information content (AvgIpc) is 3.17. The molecule has 2 aromatic carbocycles. The Morgan fingerprint density at radius 1 is 1.13 bits per heavy atom. The monoisotopic (exact) mass is 453 g/mol. The molecule has 1 aromatic heterocycles. The lowest BCUT2D eigenvalue weighted by Gasteiger charge is -2.12. The molecule has 3 aromatic rings. The number of hydrogen-bond donors (Lipinski definition) is 1. The molecule has 12 heteroatoms. The highest BCUT2D eigenvalue weighted by molar-refractivity contribution is 8.00. The van der Waals surface area contributed by atoms with Crippen LogP contribution in [0.15, 0.2) is 53.7 Å². The van der Waals surface area contributed by atoms with E-state index in [0.717, 1.165) is 23.9 Å². The van der Waals surface area contributed by atoms with Crippen molar-refractivity contribution in [1.29, 1.82) is 0 Å². The Kier molecular flexibility index (Phi) is 7.00. The molecule has 1 heterocycles. The van der Waals surface area contributed by atoms with Crippen LogP contribution in [0, 0.1) is 0 Å². The Morgan fingerprint density at radius 2 is 1.77 bits per heavy atom. The number of hydrogen-bond acceptors (Lipinski definition) is 7. The molecule has 0 aliphatic heterocycles. The molecule has 0 fully saturated rings. The van der Waals surface area contributed by atoms with Crippen LogP contribution in [0.2, 0.25) is 0 Å². The first-order chi connectivity index (χ1) is 14.7. The Bertz CT molecular complexity index is 1010. The smallest absolute Gasteiger partial charge is 0.494 e. The third-order valence-electron chi connectivity index (χ3n) is 3.84. The molecule has 0 saturated heterocycles. The molecule has 0 aliphatic carbocycles. The Hall–Kier alpha value is -3.28. The minimum Gasteiger partial charge on any atom is -0.494 e. The zero-order chi connectivity index (χ0) is 22.4. The van der Waals surface area contributed by atoms with Gasteiger partial charge in [0.2, 0.25) is 11.1 Å². The van der Waals surface area contributed by atoms with Gasteiger partial charge in [-0.3, -0.25) is 4.79 Å². The van der Waals surface area contributed by atoms with Crippen molar-refractivity contribution >= 4 is 23.4 Å². The molecule has 0 aliphatic rings. The van der Waals surface area contributed by atoms with Gasteiger partial charge in [0.15, 0.2) is 0 Å². The van der Waals surface area contributed by atoms with Gasteiger partial charge < -0.3 is 14.8 Å². The van der Waals surface area contributed by atoms with Crippen LogP contribution in [-0.4, -0.2) is 44.3 Å². The number of alkyl halides is 3. The van der Waals surface area contributed by atoms with Crippen LogP contribution >= 0.6 is 11.8 Å². The summed E-state index contributed by atoms with van der Waals surface area (Å²) in [4.78, 5) is 12.5. The number of nitrogens with one attached hydrogen (secondary N) is 1. The molecule has 1 atom stereocenters. The van der Waals surface area contributed by atoms with Crippen LogP contribution < -0.4 is 14.8 Å². The third kappa shape index (κ3) is 6.35. The summed E-state index contributed by atoms with van der Waals surface area (Å²) in [5, 5.41) is 13.9. The van der Waals surface area contributed by atoms with E-state index in [2.05, 4.69) is 25.6 Å². The van der Waals surface area contributed by atoms with Crippen LogP contribution in [0.4, 0.5) is 18.9 Å². The first-order valence-electron chi connectivity index (χ1n) is 9.10. The fourth-order valence-corrected chi connectivity index (χ4v) is 3.27. The van der Waals surface area contributed by atoms with Crippen LogP contribution in [0.1, 0.15) is 13.8 Å². The number of carbonyl (C=O) groups excluding carboxylic acids is 1. The summed E-state index contributed by atoms with van der Waals surface area (Å²) < 4.78 is 47.4. The van der Waals surface area contributed by atoms with E-state index >= 15 is 0 Å². The summed E-state index contributed by atoms with van der Waals surface area (Å²) in [6, 6.07) is 12.0. The average molecular weight is 453 g/mol. The lowest BCUT2D eigenvalue weighted by molar-refractivity contribution is -0.274. The zero-order valence-corrected chi connectivity index (χ0v) is 17.3. The summed E-state index contributed by atoms with van der Waals surface area (Å²) in [6.45, 7) is 4.12. The van der Waals surface area contributed by atoms with Crippen LogP contribution in [-0.2, 0) is 4.79 Å². The number of anilines is 1. The fraction of sp³-hybridized carbons (Fsp3) is 0.263. The maximum absolute atomic E-state index is 12.5. The molecule has 0 saturated carbocycles. The number of aromatic nitrogens is 4. The summed E-state index contributed by atoms with van der Waals surface area (Å²) in [5.74, 6) is 0.0769. The van der Waals surface area contributed by atoms with Gasteiger partial charge in [-0.15, -0.1) is 18.3 Å². The second-order valence-electron chi connectivity index (χ2n) is 6.12. The molecule has 8 nitrogen and oxygen atoms in total. The lowest BCUT2D eigenvalue weighted by atomic mass is 10.3. The van der Waals surface area contributed by atoms with E-state index in [1.807, 2.05) is 6.92 Å². The van der Waals surface area contributed by atoms with Crippen LogP contribution in [0.5, 0.6) is 11.5 Å². The Morgan fingerprint density at radius 3 is 2.39 bits per heavy atom. The highest BCUT2D eigenvalue weighted by atomic mass is 32.2. The highest BCUT2D eigenvalue weighted by Gasteiger charge is 2.31. The van der Waals surface area contributed by atoms with Crippen molar-refractivity contribution in [3.8, 4) is 17.2 Å². The van der Waals surface area contributed by atoms with Gasteiger partial charge in [0, 0.05) is 5.69 Å². The number of amides is 1. The second kappa shape index (κ2) is 9.69. The molecule has 3 rings (SSSR count). The fourth-order valence-electron chi connectivity index (χ4n) is 2.46. The molecule has 0 radical (unpaired) electrons. The number of ether oxygens (including phenoxy) is 2. The summed E-state index contributed by atoms with van der Waals surface area (Å²) in [7, 11) is 0. The van der Waals surface area contributed by atoms with Gasteiger partial charge in [-0.1, -0.05) is 11.8 Å². The van der Waals surface area contributed by atoms with E-state index in [0.29, 0.717) is 28.9 Å². The van der Waals surface area contributed by atoms with Gasteiger partial charge >= 0.3 is 6.36 Å². The highest BCUT2D eigenvalue weighted by Crippen LogP contribution is 2.27. The van der Waals surface area contributed by atoms with E-state index in [9.17, 15) is 18.0 Å². The Labute approximate surface area is 179 Å². The third-order valence-corrected chi connectivity index (χ3v) is 4.87. The number of benzene rings is 2. The number of thioether (sulfide) groups is 1. The van der Waals surface area contributed by atoms with Gasteiger partial charge in [-0.25, -0.2) is 0 Å². The van der Waals surface area contributed by atoms with Crippen molar-refractivity contribution in [2.75, 3.05) is 11.9 Å². The van der Waals surface area contributed by atoms with E-state index in [1.165, 1.54) is 16.8 Å². The molecule has 31 heavy (non-hydrogen) atoms. The number of halogens is 3. The lowest BCUT2D eigenvalue weighted by Crippen LogP contribution is -2.22. The molecular weight excluding hydrogens is 435 g/mol. The van der Waals surface area contributed by atoms with Crippen molar-refractivity contribution in [3.05, 3.63) is 48.5 Å². The molecule has 0 bridgehead atoms. The summed E-state index contributed by atoms with van der Waals surface area (Å²) in [6.07, 6.45) is -4.77. The Balaban J connectivity index is 1.64. The van der Waals surface area contributed by atoms with Crippen molar-refractivity contribution < 1.29 is 27.4 Å². The SMILES string of the molecule is CCOc1ccc(NC(=O)C(C)Sc2nnnn2-c2ccc(OC(F)(F)F)cc2)cc1. The molecule has 164 valence electrons. The largest absolute Gasteiger partial charge is 0.573 e. The van der Waals surface area contributed by atoms with Crippen molar-refractivity contribution in [2.45, 2.75) is 30.6 Å². The van der Waals surface area contributed by atoms with E-state index in [-0.39, 0.29) is 11.7 Å². The van der Waals surface area contributed by atoms with Crippen molar-refractivity contribution in [3.63, 3.8) is 0 Å². The molecule has 0 spiro atoms. The van der Waals surface area contributed by atoms with E-state index < -0.39 is 11.6 Å². The zero-order valence-electron chi connectivity index (χ0n) is 16.5. The van der Waals surface area contributed by atoms with Gasteiger partial charge in [-0.05, 0) is 72.8 Å². The minimum absolute atomic E-state index is 0.266. The van der Waals surface area contributed by atoms with Gasteiger partial charge in [0.05, 0.1) is 17.5 Å². The second-order valence-corrected chi connectivity index (χ2v) is 7.43. The number of tetrazole rings is 1. The standard InChI is InChI=1S/C19H18F3N5O3S/c1-3-29-15-8-4-13(5-9-15)23-17(28)12(2)31-18-24-25-26-27(18)14-6-10-16(11-7-14)30-19(20,21)22/h4-12H,3H2,1-2H3,(H,23,28). The van der Waals surface area contributed by atoms with E-state index in [1.54, 1.807) is 31.2 Å². The van der Waals surface area contributed by atoms with Gasteiger partial charge in [-0.2, -0.15) is 4.68 Å². The number of rotatable bonds is 8. The predicted molar refractivity (Wildman–Crippen MR) is 107 cm³/mol. The normalized spacial score (nSPS) is 12.3. The van der Waals surface area contributed by atoms with Crippen molar-refractivity contribution in [1.82, 2.24) is 20.2 Å². The quantitative estimate of drug-likeness (QED) is 0.514. The van der Waals surface area contributed by atoms with Crippen LogP contribution in [0.3, 0.4) is 0 Å². The number of carbonyl (C=O) groups is 1. The van der Waals surface area contributed by atoms with Crippen LogP contribution in [0.25, 0.3) is 5.69 Å². The van der Waals surface area contributed by atoms with Gasteiger partial charge in [0.25, 0.3) is 0 Å². The number of nitrogens with zero attached hydrogens (tertiary/aromatic N) is 4. The minimum atomic E-state index is -4.77. The maximum Gasteiger partial charge on any atom is 0.573 e. The maximum atomic E-state index is 12.5. The first-order valence-corrected chi connectivity index (χ1v) is 9.98. The first kappa shape index (κ1) is 22.4. The molecule has 1 N–H and O–H groups in total. The predicted octanol–water partition coefficient (Wildman–Crippen LogP) is 4.08. The van der Waals surface area contributed by atoms with Crippen molar-refractivity contribution in [2.24, 2.45) is 0 Å². The topological polar surface area (TPSA) is 91.2 Å². The molecule has 1 amide bonds. The summed E-state index contributed by atoms with van der Waals surface area (Å²) in [5.41, 5.74) is 1.03. The van der Waals surface area contributed by atoms with Gasteiger partial charge in [0.1, 0.15) is 11.5 Å². The molecular formula is C19H18F3N5O3S. The molecule has 1 unspecified atom stereocenters. The van der Waals surface area contributed by atoms with E-state index in [4.69, 9.17) is 4.74 Å².